The van der Waals surface area contributed by atoms with Gasteiger partial charge < -0.3 is 10.3 Å². The molecule has 1 heterocycles. The van der Waals surface area contributed by atoms with Gasteiger partial charge in [0, 0.05) is 25.0 Å². The van der Waals surface area contributed by atoms with Crippen LogP contribution in [0.4, 0.5) is 0 Å². The summed E-state index contributed by atoms with van der Waals surface area (Å²) in [5.74, 6) is 0.423. The Hall–Kier alpha value is -0.880. The summed E-state index contributed by atoms with van der Waals surface area (Å²) in [6.45, 7) is 2.70. The van der Waals surface area contributed by atoms with Crippen molar-refractivity contribution in [1.82, 2.24) is 9.55 Å². The molecule has 0 saturated heterocycles. The molecule has 0 fully saturated rings. The Kier molecular flexibility index (Phi) is 4.28. The van der Waals surface area contributed by atoms with Crippen LogP contribution in [0, 0.1) is 0 Å². The maximum absolute atomic E-state index is 11.4. The van der Waals surface area contributed by atoms with Crippen LogP contribution in [0.1, 0.15) is 19.0 Å². The maximum Gasteiger partial charge on any atom is 0.152 e. The Balaban J connectivity index is 2.50. The quantitative estimate of drug-likeness (QED) is 0.757. The zero-order chi connectivity index (χ0) is 11.3. The molecule has 0 radical (unpaired) electrons. The summed E-state index contributed by atoms with van der Waals surface area (Å²) in [6.07, 6.45) is 4.06. The predicted octanol–water partition coefficient (Wildman–Crippen LogP) is 0.167. The lowest BCUT2D eigenvalue weighted by atomic mass is 10.5. The molecule has 15 heavy (non-hydrogen) atoms. The van der Waals surface area contributed by atoms with Crippen LogP contribution in [0.2, 0.25) is 0 Å². The molecular weight excluding hydrogens is 214 g/mol. The zero-order valence-electron chi connectivity index (χ0n) is 8.89. The summed E-state index contributed by atoms with van der Waals surface area (Å²) in [5, 5.41) is 0. The van der Waals surface area contributed by atoms with E-state index in [1.54, 1.807) is 17.1 Å². The summed E-state index contributed by atoms with van der Waals surface area (Å²) in [6, 6.07) is 0. The van der Waals surface area contributed by atoms with Crippen LogP contribution in [-0.2, 0) is 22.9 Å². The van der Waals surface area contributed by atoms with Crippen molar-refractivity contribution < 1.29 is 8.42 Å². The molecule has 5 nitrogen and oxygen atoms in total. The number of imidazole rings is 1. The Morgan fingerprint density at radius 3 is 2.73 bits per heavy atom. The molecule has 86 valence electrons. The number of hydrogen-bond acceptors (Lipinski definition) is 4. The van der Waals surface area contributed by atoms with Gasteiger partial charge in [0.15, 0.2) is 9.84 Å². The highest BCUT2D eigenvalue weighted by molar-refractivity contribution is 7.91. The van der Waals surface area contributed by atoms with Gasteiger partial charge in [-0.15, -0.1) is 0 Å². The fourth-order valence-electron chi connectivity index (χ4n) is 1.29. The van der Waals surface area contributed by atoms with Crippen molar-refractivity contribution in [2.75, 3.05) is 11.5 Å². The Morgan fingerprint density at radius 2 is 2.20 bits per heavy atom. The topological polar surface area (TPSA) is 78.0 Å². The van der Waals surface area contributed by atoms with Gasteiger partial charge in [0.25, 0.3) is 0 Å². The summed E-state index contributed by atoms with van der Waals surface area (Å²) in [7, 11) is -2.91. The number of rotatable bonds is 6. The van der Waals surface area contributed by atoms with Crippen molar-refractivity contribution in [3.05, 3.63) is 18.2 Å². The van der Waals surface area contributed by atoms with Gasteiger partial charge in [-0.1, -0.05) is 6.92 Å². The van der Waals surface area contributed by atoms with Crippen LogP contribution in [0.15, 0.2) is 12.5 Å². The Labute approximate surface area is 90.2 Å². The average molecular weight is 231 g/mol. The van der Waals surface area contributed by atoms with Crippen LogP contribution < -0.4 is 5.73 Å². The molecule has 0 bridgehead atoms. The van der Waals surface area contributed by atoms with Crippen molar-refractivity contribution in [3.8, 4) is 0 Å². The van der Waals surface area contributed by atoms with Crippen molar-refractivity contribution in [1.29, 1.82) is 0 Å². The highest BCUT2D eigenvalue weighted by Gasteiger charge is 2.09. The lowest BCUT2D eigenvalue weighted by Crippen LogP contribution is -2.15. The van der Waals surface area contributed by atoms with Crippen molar-refractivity contribution in [2.24, 2.45) is 5.73 Å². The average Bonchev–Trinajstić information content (AvgIpc) is 2.62. The van der Waals surface area contributed by atoms with Crippen LogP contribution >= 0.6 is 0 Å². The fourth-order valence-corrected chi connectivity index (χ4v) is 2.61. The SMILES string of the molecule is CCCS(=O)(=O)CCn1cnc(CN)c1. The number of aromatic nitrogens is 2. The lowest BCUT2D eigenvalue weighted by molar-refractivity contribution is 0.587. The first-order valence-corrected chi connectivity index (χ1v) is 6.80. The van der Waals surface area contributed by atoms with Crippen molar-refractivity contribution >= 4 is 9.84 Å². The van der Waals surface area contributed by atoms with Gasteiger partial charge in [0.1, 0.15) is 0 Å². The van der Waals surface area contributed by atoms with Crippen molar-refractivity contribution in [2.45, 2.75) is 26.4 Å². The van der Waals surface area contributed by atoms with Crippen molar-refractivity contribution in [3.63, 3.8) is 0 Å². The number of hydrogen-bond donors (Lipinski definition) is 1. The van der Waals surface area contributed by atoms with E-state index in [2.05, 4.69) is 4.98 Å². The molecule has 0 unspecified atom stereocenters. The largest absolute Gasteiger partial charge is 0.336 e. The molecule has 0 aliphatic rings. The number of aryl methyl sites for hydroxylation is 1. The number of nitrogens with zero attached hydrogens (tertiary/aromatic N) is 2. The molecule has 2 N–H and O–H groups in total. The molecule has 1 aromatic rings. The first-order chi connectivity index (χ1) is 7.07. The predicted molar refractivity (Wildman–Crippen MR) is 59.1 cm³/mol. The van der Waals surface area contributed by atoms with Gasteiger partial charge in [0.05, 0.1) is 17.8 Å². The van der Waals surface area contributed by atoms with E-state index >= 15 is 0 Å². The Bertz CT molecular complexity index is 397. The van der Waals surface area contributed by atoms with Crippen LogP contribution in [0.3, 0.4) is 0 Å². The summed E-state index contributed by atoms with van der Waals surface area (Å²) in [4.78, 5) is 4.02. The van der Waals surface area contributed by atoms with E-state index in [9.17, 15) is 8.42 Å². The molecule has 0 atom stereocenters. The van der Waals surface area contributed by atoms with E-state index < -0.39 is 9.84 Å². The first kappa shape index (κ1) is 12.2. The highest BCUT2D eigenvalue weighted by Crippen LogP contribution is 1.99. The summed E-state index contributed by atoms with van der Waals surface area (Å²) < 4.78 is 24.6. The molecule has 1 aromatic heterocycles. The second kappa shape index (κ2) is 5.27. The van der Waals surface area contributed by atoms with E-state index in [1.165, 1.54) is 0 Å². The highest BCUT2D eigenvalue weighted by atomic mass is 32.2. The molecule has 0 aliphatic heterocycles. The van der Waals surface area contributed by atoms with Gasteiger partial charge >= 0.3 is 0 Å². The molecule has 0 amide bonds. The van der Waals surface area contributed by atoms with Gasteiger partial charge in [-0.2, -0.15) is 0 Å². The standard InChI is InChI=1S/C9H17N3O2S/c1-2-4-15(13,14)5-3-12-7-9(6-10)11-8-12/h7-8H,2-6,10H2,1H3. The van der Waals surface area contributed by atoms with Gasteiger partial charge in [0.2, 0.25) is 0 Å². The lowest BCUT2D eigenvalue weighted by Gasteiger charge is -2.02. The zero-order valence-corrected chi connectivity index (χ0v) is 9.70. The molecule has 1 rings (SSSR count). The number of sulfone groups is 1. The molecule has 0 aromatic carbocycles. The minimum atomic E-state index is -2.91. The van der Waals surface area contributed by atoms with Crippen LogP contribution in [-0.4, -0.2) is 29.5 Å². The normalized spacial score (nSPS) is 11.9. The second-order valence-corrected chi connectivity index (χ2v) is 5.76. The maximum atomic E-state index is 11.4. The van der Waals surface area contributed by atoms with Crippen LogP contribution in [0.5, 0.6) is 0 Å². The monoisotopic (exact) mass is 231 g/mol. The van der Waals surface area contributed by atoms with E-state index in [4.69, 9.17) is 5.73 Å². The smallest absolute Gasteiger partial charge is 0.152 e. The molecule has 0 aliphatic carbocycles. The molecule has 0 saturated carbocycles. The number of nitrogens with two attached hydrogens (primary N) is 1. The van der Waals surface area contributed by atoms with E-state index in [-0.39, 0.29) is 11.5 Å². The van der Waals surface area contributed by atoms with E-state index in [0.717, 1.165) is 5.69 Å². The van der Waals surface area contributed by atoms with Gasteiger partial charge in [-0.25, -0.2) is 13.4 Å². The second-order valence-electron chi connectivity index (χ2n) is 3.46. The minimum Gasteiger partial charge on any atom is -0.336 e. The third-order valence-electron chi connectivity index (χ3n) is 2.07. The molecule has 0 spiro atoms. The summed E-state index contributed by atoms with van der Waals surface area (Å²) >= 11 is 0. The molecular formula is C9H17N3O2S. The molecule has 6 heteroatoms. The van der Waals surface area contributed by atoms with E-state index in [0.29, 0.717) is 19.5 Å². The van der Waals surface area contributed by atoms with Crippen LogP contribution in [0.25, 0.3) is 0 Å². The van der Waals surface area contributed by atoms with Gasteiger partial charge in [-0.3, -0.25) is 0 Å². The fraction of sp³-hybridized carbons (Fsp3) is 0.667. The minimum absolute atomic E-state index is 0.168. The first-order valence-electron chi connectivity index (χ1n) is 4.98. The Morgan fingerprint density at radius 1 is 1.47 bits per heavy atom. The third-order valence-corrected chi connectivity index (χ3v) is 3.91. The van der Waals surface area contributed by atoms with Gasteiger partial charge in [-0.05, 0) is 6.42 Å². The summed E-state index contributed by atoms with van der Waals surface area (Å²) in [5.41, 5.74) is 6.18. The van der Waals surface area contributed by atoms with E-state index in [1.807, 2.05) is 6.92 Å². The third kappa shape index (κ3) is 4.01.